The van der Waals surface area contributed by atoms with Crippen molar-refractivity contribution in [3.8, 4) is 0 Å². The van der Waals surface area contributed by atoms with Crippen molar-refractivity contribution < 1.29 is 19.7 Å². The van der Waals surface area contributed by atoms with Gasteiger partial charge in [-0.1, -0.05) is 13.8 Å². The van der Waals surface area contributed by atoms with Crippen LogP contribution < -0.4 is 5.32 Å². The number of nitrogens with one attached hydrogen (secondary N) is 1. The lowest BCUT2D eigenvalue weighted by atomic mass is 10.0. The molecule has 0 aromatic rings. The maximum Gasteiger partial charge on any atom is 0.183 e. The maximum absolute atomic E-state index is 11.4. The molecule has 4 atom stereocenters. The standard InChI is InChI=1S/C9H17NO4/c1-3-5(11)8-6(10-4-2)7(12)9(13)14-8/h6-10,12-13H,3-4H2,1-2H3/t6-,7+,8-,9-/m0/s1. The van der Waals surface area contributed by atoms with Crippen LogP contribution in [-0.2, 0) is 9.53 Å². The van der Waals surface area contributed by atoms with Gasteiger partial charge < -0.3 is 20.3 Å². The summed E-state index contributed by atoms with van der Waals surface area (Å²) in [7, 11) is 0. The van der Waals surface area contributed by atoms with E-state index in [1.807, 2.05) is 6.92 Å². The van der Waals surface area contributed by atoms with Crippen molar-refractivity contribution in [2.75, 3.05) is 6.54 Å². The summed E-state index contributed by atoms with van der Waals surface area (Å²) < 4.78 is 4.98. The van der Waals surface area contributed by atoms with Crippen LogP contribution in [0.15, 0.2) is 0 Å². The van der Waals surface area contributed by atoms with Crippen molar-refractivity contribution in [2.45, 2.75) is 44.8 Å². The third-order valence-corrected chi connectivity index (χ3v) is 2.38. The number of aliphatic hydroxyl groups is 2. The lowest BCUT2D eigenvalue weighted by molar-refractivity contribution is -0.148. The van der Waals surface area contributed by atoms with Crippen molar-refractivity contribution in [3.05, 3.63) is 0 Å². The summed E-state index contributed by atoms with van der Waals surface area (Å²) in [6, 6.07) is -0.498. The largest absolute Gasteiger partial charge is 0.386 e. The molecule has 0 radical (unpaired) electrons. The third-order valence-electron chi connectivity index (χ3n) is 2.38. The number of hydrogen-bond donors (Lipinski definition) is 3. The molecule has 5 heteroatoms. The quantitative estimate of drug-likeness (QED) is 0.547. The van der Waals surface area contributed by atoms with Gasteiger partial charge in [0, 0.05) is 6.42 Å². The lowest BCUT2D eigenvalue weighted by Gasteiger charge is -2.18. The van der Waals surface area contributed by atoms with Gasteiger partial charge in [0.05, 0.1) is 6.04 Å². The van der Waals surface area contributed by atoms with Gasteiger partial charge in [-0.25, -0.2) is 0 Å². The molecule has 0 unspecified atom stereocenters. The second-order valence-electron chi connectivity index (χ2n) is 3.34. The first kappa shape index (κ1) is 11.6. The zero-order valence-electron chi connectivity index (χ0n) is 8.43. The van der Waals surface area contributed by atoms with Crippen LogP contribution in [-0.4, -0.2) is 47.1 Å². The molecule has 0 aromatic heterocycles. The number of aliphatic hydroxyl groups excluding tert-OH is 2. The Morgan fingerprint density at radius 1 is 1.43 bits per heavy atom. The normalized spacial score (nSPS) is 37.4. The first-order chi connectivity index (χ1) is 6.61. The van der Waals surface area contributed by atoms with Gasteiger partial charge in [0.15, 0.2) is 12.1 Å². The number of ether oxygens (including phenoxy) is 1. The number of carbonyl (C=O) groups is 1. The molecule has 1 aliphatic rings. The summed E-state index contributed by atoms with van der Waals surface area (Å²) in [6.45, 7) is 4.21. The van der Waals surface area contributed by atoms with Gasteiger partial charge in [-0.05, 0) is 6.54 Å². The van der Waals surface area contributed by atoms with Gasteiger partial charge in [-0.3, -0.25) is 4.79 Å². The van der Waals surface area contributed by atoms with Crippen LogP contribution in [0.1, 0.15) is 20.3 Å². The highest BCUT2D eigenvalue weighted by molar-refractivity contribution is 5.84. The topological polar surface area (TPSA) is 78.8 Å². The fraction of sp³-hybridized carbons (Fsp3) is 0.889. The number of hydrogen-bond acceptors (Lipinski definition) is 5. The minimum atomic E-state index is -1.26. The fourth-order valence-corrected chi connectivity index (χ4v) is 1.61. The molecule has 1 heterocycles. The van der Waals surface area contributed by atoms with Gasteiger partial charge in [-0.15, -0.1) is 0 Å². The second kappa shape index (κ2) is 4.84. The monoisotopic (exact) mass is 203 g/mol. The average molecular weight is 203 g/mol. The van der Waals surface area contributed by atoms with E-state index in [0.717, 1.165) is 0 Å². The highest BCUT2D eigenvalue weighted by Crippen LogP contribution is 2.21. The zero-order chi connectivity index (χ0) is 10.7. The van der Waals surface area contributed by atoms with E-state index >= 15 is 0 Å². The van der Waals surface area contributed by atoms with E-state index in [2.05, 4.69) is 5.32 Å². The Hall–Kier alpha value is -0.490. The van der Waals surface area contributed by atoms with E-state index in [-0.39, 0.29) is 5.78 Å². The van der Waals surface area contributed by atoms with E-state index in [1.54, 1.807) is 6.92 Å². The Bertz CT molecular complexity index is 209. The van der Waals surface area contributed by atoms with Gasteiger partial charge in [0.25, 0.3) is 0 Å². The summed E-state index contributed by atoms with van der Waals surface area (Å²) in [4.78, 5) is 11.4. The van der Waals surface area contributed by atoms with E-state index in [9.17, 15) is 15.0 Å². The Morgan fingerprint density at radius 3 is 2.57 bits per heavy atom. The van der Waals surface area contributed by atoms with Crippen molar-refractivity contribution in [1.29, 1.82) is 0 Å². The molecular formula is C9H17NO4. The highest BCUT2D eigenvalue weighted by Gasteiger charge is 2.45. The van der Waals surface area contributed by atoms with Crippen LogP contribution >= 0.6 is 0 Å². The SMILES string of the molecule is CCN[C@H]1[C@@H](O)[C@@H](O)O[C@H]1C(=O)CC. The van der Waals surface area contributed by atoms with Crippen molar-refractivity contribution in [3.63, 3.8) is 0 Å². The van der Waals surface area contributed by atoms with E-state index < -0.39 is 24.5 Å². The van der Waals surface area contributed by atoms with Gasteiger partial charge in [0.2, 0.25) is 0 Å². The number of likely N-dealkylation sites (N-methyl/N-ethyl adjacent to an activating group) is 1. The molecule has 1 saturated heterocycles. The molecule has 3 N–H and O–H groups in total. The van der Waals surface area contributed by atoms with E-state index in [0.29, 0.717) is 13.0 Å². The summed E-state index contributed by atoms with van der Waals surface area (Å²) in [5.74, 6) is -0.105. The molecule has 0 bridgehead atoms. The van der Waals surface area contributed by atoms with Crippen LogP contribution in [0.4, 0.5) is 0 Å². The maximum atomic E-state index is 11.4. The predicted octanol–water partition coefficient (Wildman–Crippen LogP) is -0.978. The first-order valence-corrected chi connectivity index (χ1v) is 4.89. The zero-order valence-corrected chi connectivity index (χ0v) is 8.43. The smallest absolute Gasteiger partial charge is 0.183 e. The Morgan fingerprint density at radius 2 is 2.07 bits per heavy atom. The molecule has 0 spiro atoms. The first-order valence-electron chi connectivity index (χ1n) is 4.89. The highest BCUT2D eigenvalue weighted by atomic mass is 16.6. The van der Waals surface area contributed by atoms with Crippen molar-refractivity contribution in [2.24, 2.45) is 0 Å². The van der Waals surface area contributed by atoms with Gasteiger partial charge in [-0.2, -0.15) is 0 Å². The number of carbonyl (C=O) groups excluding carboxylic acids is 1. The van der Waals surface area contributed by atoms with Crippen LogP contribution in [0.3, 0.4) is 0 Å². The summed E-state index contributed by atoms with van der Waals surface area (Å²) in [6.07, 6.45) is -2.69. The minimum absolute atomic E-state index is 0.105. The number of Topliss-reactive ketones (excluding diaryl/α,β-unsaturated/α-hetero) is 1. The van der Waals surface area contributed by atoms with E-state index in [1.165, 1.54) is 0 Å². The molecule has 0 amide bonds. The molecule has 1 aliphatic heterocycles. The molecule has 0 aliphatic carbocycles. The molecule has 82 valence electrons. The van der Waals surface area contributed by atoms with Crippen LogP contribution in [0, 0.1) is 0 Å². The number of rotatable bonds is 4. The van der Waals surface area contributed by atoms with Crippen molar-refractivity contribution in [1.82, 2.24) is 5.32 Å². The summed E-state index contributed by atoms with van der Waals surface area (Å²) in [5.41, 5.74) is 0. The third kappa shape index (κ3) is 2.12. The molecular weight excluding hydrogens is 186 g/mol. The average Bonchev–Trinajstić information content (AvgIpc) is 2.45. The van der Waals surface area contributed by atoms with Crippen LogP contribution in [0.5, 0.6) is 0 Å². The van der Waals surface area contributed by atoms with Crippen molar-refractivity contribution >= 4 is 5.78 Å². The minimum Gasteiger partial charge on any atom is -0.386 e. The van der Waals surface area contributed by atoms with E-state index in [4.69, 9.17) is 4.74 Å². The fourth-order valence-electron chi connectivity index (χ4n) is 1.61. The Balaban J connectivity index is 2.69. The lowest BCUT2D eigenvalue weighted by Crippen LogP contribution is -2.47. The summed E-state index contributed by atoms with van der Waals surface area (Å²) in [5, 5.41) is 21.7. The van der Waals surface area contributed by atoms with Crippen LogP contribution in [0.2, 0.25) is 0 Å². The molecule has 5 nitrogen and oxygen atoms in total. The molecule has 0 saturated carbocycles. The Kier molecular flexibility index (Phi) is 4.00. The molecule has 1 fully saturated rings. The van der Waals surface area contributed by atoms with Gasteiger partial charge in [0.1, 0.15) is 12.2 Å². The second-order valence-corrected chi connectivity index (χ2v) is 3.34. The van der Waals surface area contributed by atoms with Crippen LogP contribution in [0.25, 0.3) is 0 Å². The number of ketones is 1. The Labute approximate surface area is 83.1 Å². The summed E-state index contributed by atoms with van der Waals surface area (Å²) >= 11 is 0. The van der Waals surface area contributed by atoms with Gasteiger partial charge >= 0.3 is 0 Å². The predicted molar refractivity (Wildman–Crippen MR) is 49.6 cm³/mol. The molecule has 0 aromatic carbocycles. The molecule has 14 heavy (non-hydrogen) atoms. The molecule has 1 rings (SSSR count).